The third kappa shape index (κ3) is 11.7. The summed E-state index contributed by atoms with van der Waals surface area (Å²) in [5.41, 5.74) is 13.7. The molecule has 0 spiro atoms. The van der Waals surface area contributed by atoms with Gasteiger partial charge in [0.2, 0.25) is 0 Å². The van der Waals surface area contributed by atoms with Crippen LogP contribution in [0.5, 0.6) is 0 Å². The SMILES string of the molecule is CC(C)c1cccc(C(C)C)c1N=C(/C=C(\[N-]c1c(C(C)C)cccc1C(C)C)C(C)(C)C)C(C)(C)C.N[N-]c1ccccc1.[Ni+3]. The van der Waals surface area contributed by atoms with Crippen LogP contribution in [0.4, 0.5) is 17.1 Å². The molecule has 0 saturated heterocycles. The Morgan fingerprint density at radius 2 is 1.02 bits per heavy atom. The number of nitrogens with two attached hydrogens (primary N) is 1. The fraction of sp³-hybridized carbons (Fsp3) is 0.488. The van der Waals surface area contributed by atoms with Gasteiger partial charge in [-0.15, -0.1) is 11.4 Å². The van der Waals surface area contributed by atoms with Crippen molar-refractivity contribution in [3.05, 3.63) is 111 Å². The molecule has 3 aromatic carbocycles. The monoisotopic (exact) mass is 666 g/mol. The number of nitrogens with zero attached hydrogens (tertiary/aromatic N) is 3. The molecule has 0 aromatic heterocycles. The molecular formula is C41H60N4Ni+. The summed E-state index contributed by atoms with van der Waals surface area (Å²) in [6.45, 7) is 31.7. The first-order valence-corrected chi connectivity index (χ1v) is 16.6. The molecule has 3 rings (SSSR count). The second-order valence-electron chi connectivity index (χ2n) is 15.3. The second kappa shape index (κ2) is 17.9. The molecule has 3 aromatic rings. The molecule has 0 bridgehead atoms. The van der Waals surface area contributed by atoms with Gasteiger partial charge in [-0.25, -0.2) is 0 Å². The van der Waals surface area contributed by atoms with Crippen molar-refractivity contribution >= 4 is 22.8 Å². The second-order valence-corrected chi connectivity index (χ2v) is 15.3. The van der Waals surface area contributed by atoms with E-state index in [2.05, 4.69) is 145 Å². The Labute approximate surface area is 292 Å². The summed E-state index contributed by atoms with van der Waals surface area (Å²) in [6, 6.07) is 22.7. The summed E-state index contributed by atoms with van der Waals surface area (Å²) < 4.78 is 0. The maximum atomic E-state index is 5.46. The van der Waals surface area contributed by atoms with E-state index >= 15 is 0 Å². The minimum absolute atomic E-state index is 0. The van der Waals surface area contributed by atoms with E-state index < -0.39 is 0 Å². The van der Waals surface area contributed by atoms with Crippen LogP contribution in [0, 0.1) is 10.8 Å². The fourth-order valence-electron chi connectivity index (χ4n) is 5.00. The zero-order valence-corrected chi connectivity index (χ0v) is 32.0. The Morgan fingerprint density at radius 1 is 0.609 bits per heavy atom. The first kappa shape index (κ1) is 41.1. The van der Waals surface area contributed by atoms with Crippen LogP contribution in [0.25, 0.3) is 10.7 Å². The standard InChI is InChI=1S/C35H53N2.C6H7N2.Ni/c1-22(2)26-17-15-18-27(23(3)4)32(26)36-30(34(9,10)11)21-31(35(12,13)14)37-33-28(24(5)6)19-16-20-29(33)25(7)8;7-8-6-4-2-1-3-5-6;/h15-25H,1-14H3;1-5H,7H2;/q2*-1;+3/b30-21-,37-31?;;. The quantitative estimate of drug-likeness (QED) is 0.105. The molecule has 4 nitrogen and oxygen atoms in total. The van der Waals surface area contributed by atoms with Crippen LogP contribution < -0.4 is 5.84 Å². The molecule has 0 heterocycles. The molecule has 0 saturated carbocycles. The average molecular weight is 668 g/mol. The number of hydrogen-bond donors (Lipinski definition) is 1. The van der Waals surface area contributed by atoms with Crippen molar-refractivity contribution in [2.24, 2.45) is 21.7 Å². The van der Waals surface area contributed by atoms with Gasteiger partial charge in [0.05, 0.1) is 5.69 Å². The molecule has 0 fully saturated rings. The molecule has 0 aliphatic rings. The Hall–Kier alpha value is -2.88. The molecule has 5 heteroatoms. The van der Waals surface area contributed by atoms with Gasteiger partial charge in [0.1, 0.15) is 0 Å². The molecule has 1 radical (unpaired) electrons. The van der Waals surface area contributed by atoms with Crippen LogP contribution in [0.3, 0.4) is 0 Å². The van der Waals surface area contributed by atoms with Gasteiger partial charge in [0.15, 0.2) is 0 Å². The van der Waals surface area contributed by atoms with E-state index in [0.717, 1.165) is 28.5 Å². The van der Waals surface area contributed by atoms with Crippen molar-refractivity contribution in [2.45, 2.75) is 121 Å². The Bertz CT molecular complexity index is 1370. The van der Waals surface area contributed by atoms with Gasteiger partial charge in [-0.05, 0) is 40.2 Å². The molecule has 0 amide bonds. The van der Waals surface area contributed by atoms with Gasteiger partial charge in [-0.2, -0.15) is 5.70 Å². The van der Waals surface area contributed by atoms with Crippen molar-refractivity contribution in [1.82, 2.24) is 0 Å². The maximum Gasteiger partial charge on any atom is 3.00 e. The van der Waals surface area contributed by atoms with Crippen molar-refractivity contribution in [2.75, 3.05) is 0 Å². The van der Waals surface area contributed by atoms with E-state index in [4.69, 9.17) is 16.2 Å². The van der Waals surface area contributed by atoms with Crippen molar-refractivity contribution in [3.63, 3.8) is 0 Å². The molecule has 0 atom stereocenters. The predicted octanol–water partition coefficient (Wildman–Crippen LogP) is 13.5. The minimum Gasteiger partial charge on any atom is -0.660 e. The molecule has 0 aliphatic carbocycles. The van der Waals surface area contributed by atoms with Crippen molar-refractivity contribution in [1.29, 1.82) is 0 Å². The van der Waals surface area contributed by atoms with Gasteiger partial charge in [-0.1, -0.05) is 181 Å². The average Bonchev–Trinajstić information content (AvgIpc) is 2.95. The third-order valence-corrected chi connectivity index (χ3v) is 7.86. The molecule has 46 heavy (non-hydrogen) atoms. The number of para-hydroxylation sites is 2. The first-order valence-electron chi connectivity index (χ1n) is 16.6. The summed E-state index contributed by atoms with van der Waals surface area (Å²) >= 11 is 0. The predicted molar refractivity (Wildman–Crippen MR) is 200 cm³/mol. The van der Waals surface area contributed by atoms with E-state index in [1.165, 1.54) is 22.3 Å². The van der Waals surface area contributed by atoms with Gasteiger partial charge in [-0.3, -0.25) is 4.99 Å². The van der Waals surface area contributed by atoms with E-state index in [-0.39, 0.29) is 27.3 Å². The van der Waals surface area contributed by atoms with E-state index in [1.807, 2.05) is 30.3 Å². The number of rotatable bonds is 9. The molecule has 0 aliphatic heterocycles. The van der Waals surface area contributed by atoms with Crippen molar-refractivity contribution < 1.29 is 16.5 Å². The Kier molecular flexibility index (Phi) is 16.0. The summed E-state index contributed by atoms with van der Waals surface area (Å²) in [7, 11) is 0. The third-order valence-electron chi connectivity index (χ3n) is 7.86. The van der Waals surface area contributed by atoms with Crippen LogP contribution >= 0.6 is 0 Å². The van der Waals surface area contributed by atoms with Crippen LogP contribution in [-0.2, 0) is 16.5 Å². The Morgan fingerprint density at radius 3 is 1.35 bits per heavy atom. The summed E-state index contributed by atoms with van der Waals surface area (Å²) in [5.74, 6) is 6.59. The van der Waals surface area contributed by atoms with Gasteiger partial charge in [0.25, 0.3) is 0 Å². The van der Waals surface area contributed by atoms with E-state index in [1.54, 1.807) is 0 Å². The summed E-state index contributed by atoms with van der Waals surface area (Å²) in [5, 5.41) is 5.46. The zero-order chi connectivity index (χ0) is 34.1. The topological polar surface area (TPSA) is 66.6 Å². The molecule has 253 valence electrons. The van der Waals surface area contributed by atoms with Crippen LogP contribution in [0.1, 0.15) is 143 Å². The fourth-order valence-corrected chi connectivity index (χ4v) is 5.00. The normalized spacial score (nSPS) is 12.7. The van der Waals surface area contributed by atoms with E-state index in [9.17, 15) is 0 Å². The molecule has 2 N–H and O–H groups in total. The Balaban J connectivity index is 0.00000102. The largest absolute Gasteiger partial charge is 3.00 e. The minimum atomic E-state index is -0.136. The van der Waals surface area contributed by atoms with Crippen molar-refractivity contribution in [3.8, 4) is 0 Å². The summed E-state index contributed by atoms with van der Waals surface area (Å²) in [4.78, 5) is 5.46. The number of allylic oxidation sites excluding steroid dienone is 2. The smallest absolute Gasteiger partial charge is 0.660 e. The van der Waals surface area contributed by atoms with Gasteiger partial charge < -0.3 is 16.6 Å². The van der Waals surface area contributed by atoms with E-state index in [0.29, 0.717) is 23.7 Å². The van der Waals surface area contributed by atoms with Crippen LogP contribution in [0.2, 0.25) is 0 Å². The first-order chi connectivity index (χ1) is 20.9. The van der Waals surface area contributed by atoms with Crippen LogP contribution in [0.15, 0.2) is 83.5 Å². The molecular weight excluding hydrogens is 607 g/mol. The maximum absolute atomic E-state index is 5.46. The van der Waals surface area contributed by atoms with Gasteiger partial charge >= 0.3 is 16.5 Å². The zero-order valence-electron chi connectivity index (χ0n) is 31.0. The number of aliphatic imine (C=N–C) groups is 1. The number of benzene rings is 3. The molecule has 0 unspecified atom stereocenters. The summed E-state index contributed by atoms with van der Waals surface area (Å²) in [6.07, 6.45) is 2.28. The van der Waals surface area contributed by atoms with Crippen LogP contribution in [-0.4, -0.2) is 5.71 Å². The van der Waals surface area contributed by atoms with Gasteiger partial charge in [0, 0.05) is 11.1 Å². The number of hydrogen-bond acceptors (Lipinski definition) is 2.